The van der Waals surface area contributed by atoms with Crippen molar-refractivity contribution < 1.29 is 9.90 Å². The number of Topliss-reactive ketones (excluding diaryl/α,β-unsaturated/α-hetero) is 1. The number of benzene rings is 1. The third kappa shape index (κ3) is 4.00. The van der Waals surface area contributed by atoms with Crippen LogP contribution in [0, 0.1) is 16.7 Å². The van der Waals surface area contributed by atoms with Crippen LogP contribution in [-0.2, 0) is 4.79 Å². The smallest absolute Gasteiger partial charge is 0.219 e. The number of nitrogens with two attached hydrogens (primary N) is 1. The molecule has 1 atom stereocenters. The standard InChI is InChI=1S/C23H25N5O2S2/c1-12(2)31-22-27-26-21(32-22)28-16-9-23(3,4)10-17(30)19(16)18(15(11-24)20(28)25)13-5-7-14(29)8-6-13/h5-8,12,18,29H,9-10,25H2,1-4H3. The highest BCUT2D eigenvalue weighted by atomic mass is 32.2. The molecule has 7 nitrogen and oxygen atoms in total. The Bertz CT molecular complexity index is 1170. The molecule has 4 rings (SSSR count). The van der Waals surface area contributed by atoms with E-state index < -0.39 is 5.92 Å². The van der Waals surface area contributed by atoms with Crippen LogP contribution in [0.1, 0.15) is 52.0 Å². The quantitative estimate of drug-likeness (QED) is 0.622. The van der Waals surface area contributed by atoms with Gasteiger partial charge in [-0.2, -0.15) is 5.26 Å². The van der Waals surface area contributed by atoms with Gasteiger partial charge in [-0.1, -0.05) is 62.9 Å². The second kappa shape index (κ2) is 8.26. The first-order valence-electron chi connectivity index (χ1n) is 10.4. The number of thioether (sulfide) groups is 1. The highest BCUT2D eigenvalue weighted by Crippen LogP contribution is 2.50. The monoisotopic (exact) mass is 467 g/mol. The molecule has 1 aliphatic carbocycles. The third-order valence-corrected chi connectivity index (χ3v) is 7.53. The maximum Gasteiger partial charge on any atom is 0.219 e. The van der Waals surface area contributed by atoms with E-state index in [-0.39, 0.29) is 22.8 Å². The summed E-state index contributed by atoms with van der Waals surface area (Å²) in [7, 11) is 0. The minimum Gasteiger partial charge on any atom is -0.508 e. The Morgan fingerprint density at radius 1 is 1.28 bits per heavy atom. The number of nitrogens with zero attached hydrogens (tertiary/aromatic N) is 4. The maximum absolute atomic E-state index is 13.4. The fraction of sp³-hybridized carbons (Fsp3) is 0.391. The first-order chi connectivity index (χ1) is 15.1. The van der Waals surface area contributed by atoms with E-state index in [1.165, 1.54) is 11.3 Å². The summed E-state index contributed by atoms with van der Waals surface area (Å²) in [5, 5.41) is 29.4. The lowest BCUT2D eigenvalue weighted by Crippen LogP contribution is -2.42. The van der Waals surface area contributed by atoms with E-state index in [1.807, 2.05) is 0 Å². The average molecular weight is 468 g/mol. The molecule has 2 heterocycles. The Labute approximate surface area is 195 Å². The Morgan fingerprint density at radius 2 is 1.97 bits per heavy atom. The molecule has 1 aliphatic heterocycles. The molecule has 0 fully saturated rings. The molecule has 166 valence electrons. The van der Waals surface area contributed by atoms with Gasteiger partial charge < -0.3 is 10.8 Å². The average Bonchev–Trinajstić information content (AvgIpc) is 3.14. The van der Waals surface area contributed by atoms with Gasteiger partial charge in [0, 0.05) is 22.9 Å². The summed E-state index contributed by atoms with van der Waals surface area (Å²) in [5.74, 6) is -0.184. The molecular formula is C23H25N5O2S2. The summed E-state index contributed by atoms with van der Waals surface area (Å²) in [6.45, 7) is 8.28. The first kappa shape index (κ1) is 22.4. The normalized spacial score (nSPS) is 20.6. The van der Waals surface area contributed by atoms with Gasteiger partial charge in [0.2, 0.25) is 5.13 Å². The second-order valence-electron chi connectivity index (χ2n) is 9.09. The number of anilines is 1. The molecule has 32 heavy (non-hydrogen) atoms. The minimum absolute atomic E-state index is 0.000805. The highest BCUT2D eigenvalue weighted by molar-refractivity contribution is 8.01. The van der Waals surface area contributed by atoms with Crippen LogP contribution in [0.25, 0.3) is 0 Å². The number of aromatic hydroxyl groups is 1. The summed E-state index contributed by atoms with van der Waals surface area (Å²) in [5.41, 5.74) is 8.75. The zero-order valence-corrected chi connectivity index (χ0v) is 20.0. The number of hydrogen-bond acceptors (Lipinski definition) is 9. The van der Waals surface area contributed by atoms with Gasteiger partial charge in [-0.15, -0.1) is 10.2 Å². The lowest BCUT2D eigenvalue weighted by atomic mass is 9.69. The zero-order chi connectivity index (χ0) is 23.2. The highest BCUT2D eigenvalue weighted by Gasteiger charge is 2.45. The van der Waals surface area contributed by atoms with Gasteiger partial charge in [0.1, 0.15) is 11.6 Å². The predicted octanol–water partition coefficient (Wildman–Crippen LogP) is 4.69. The van der Waals surface area contributed by atoms with Crippen LogP contribution in [0.4, 0.5) is 5.13 Å². The number of ketones is 1. The molecule has 0 amide bonds. The van der Waals surface area contributed by atoms with Crippen molar-refractivity contribution >= 4 is 34.0 Å². The Balaban J connectivity index is 1.92. The van der Waals surface area contributed by atoms with Crippen LogP contribution in [0.3, 0.4) is 0 Å². The largest absolute Gasteiger partial charge is 0.508 e. The lowest BCUT2D eigenvalue weighted by Gasteiger charge is -2.42. The van der Waals surface area contributed by atoms with Crippen LogP contribution >= 0.6 is 23.1 Å². The van der Waals surface area contributed by atoms with Crippen molar-refractivity contribution in [2.45, 2.75) is 56.0 Å². The van der Waals surface area contributed by atoms with Crippen LogP contribution in [0.15, 0.2) is 51.3 Å². The molecule has 0 spiro atoms. The Hall–Kier alpha value is -2.83. The molecule has 0 bridgehead atoms. The van der Waals surface area contributed by atoms with Gasteiger partial charge in [-0.05, 0) is 29.5 Å². The molecule has 3 N–H and O–H groups in total. The zero-order valence-electron chi connectivity index (χ0n) is 18.4. The van der Waals surface area contributed by atoms with Gasteiger partial charge >= 0.3 is 0 Å². The van der Waals surface area contributed by atoms with E-state index in [0.717, 1.165) is 15.6 Å². The summed E-state index contributed by atoms with van der Waals surface area (Å²) in [4.78, 5) is 15.2. The predicted molar refractivity (Wildman–Crippen MR) is 126 cm³/mol. The van der Waals surface area contributed by atoms with Gasteiger partial charge in [0.25, 0.3) is 0 Å². The van der Waals surface area contributed by atoms with Crippen molar-refractivity contribution in [1.82, 2.24) is 10.2 Å². The topological polar surface area (TPSA) is 116 Å². The molecule has 0 saturated heterocycles. The molecule has 1 aromatic carbocycles. The molecule has 2 aromatic rings. The number of phenols is 1. The SMILES string of the molecule is CC(C)Sc1nnc(N2C(N)=C(C#N)C(c3ccc(O)cc3)C3=C2CC(C)(C)CC3=O)s1. The summed E-state index contributed by atoms with van der Waals surface area (Å²) < 4.78 is 0.811. The number of aromatic nitrogens is 2. The van der Waals surface area contributed by atoms with E-state index in [0.29, 0.717) is 34.4 Å². The van der Waals surface area contributed by atoms with Crippen molar-refractivity contribution in [2.75, 3.05) is 4.90 Å². The number of carbonyl (C=O) groups is 1. The number of allylic oxidation sites excluding steroid dienone is 3. The van der Waals surface area contributed by atoms with Gasteiger partial charge in [0.05, 0.1) is 17.6 Å². The van der Waals surface area contributed by atoms with E-state index in [4.69, 9.17) is 5.73 Å². The maximum atomic E-state index is 13.4. The van der Waals surface area contributed by atoms with Crippen molar-refractivity contribution in [2.24, 2.45) is 11.1 Å². The van der Waals surface area contributed by atoms with E-state index >= 15 is 0 Å². The molecule has 0 radical (unpaired) electrons. The molecule has 0 saturated carbocycles. The fourth-order valence-corrected chi connectivity index (χ4v) is 6.37. The fourth-order valence-electron chi connectivity index (χ4n) is 4.27. The molecule has 1 unspecified atom stereocenters. The summed E-state index contributed by atoms with van der Waals surface area (Å²) in [6, 6.07) is 8.84. The number of rotatable bonds is 4. The summed E-state index contributed by atoms with van der Waals surface area (Å²) in [6.07, 6.45) is 1.01. The number of carbonyl (C=O) groups excluding carboxylic acids is 1. The number of phenolic OH excluding ortho intramolecular Hbond substituents is 1. The number of hydrogen-bond donors (Lipinski definition) is 2. The lowest BCUT2D eigenvalue weighted by molar-refractivity contribution is -0.118. The van der Waals surface area contributed by atoms with Crippen LogP contribution in [0.5, 0.6) is 5.75 Å². The van der Waals surface area contributed by atoms with Crippen LogP contribution < -0.4 is 10.6 Å². The van der Waals surface area contributed by atoms with E-state index in [9.17, 15) is 15.2 Å². The molecule has 2 aliphatic rings. The minimum atomic E-state index is -0.576. The molecule has 9 heteroatoms. The Morgan fingerprint density at radius 3 is 2.59 bits per heavy atom. The van der Waals surface area contributed by atoms with Crippen molar-refractivity contribution in [3.05, 3.63) is 52.5 Å². The van der Waals surface area contributed by atoms with Crippen LogP contribution in [-0.4, -0.2) is 26.3 Å². The van der Waals surface area contributed by atoms with E-state index in [2.05, 4.69) is 44.0 Å². The van der Waals surface area contributed by atoms with Gasteiger partial charge in [0.15, 0.2) is 10.1 Å². The second-order valence-corrected chi connectivity index (χ2v) is 11.9. The van der Waals surface area contributed by atoms with Crippen molar-refractivity contribution in [1.29, 1.82) is 5.26 Å². The molecule has 1 aromatic heterocycles. The summed E-state index contributed by atoms with van der Waals surface area (Å²) >= 11 is 3.01. The van der Waals surface area contributed by atoms with Gasteiger partial charge in [-0.3, -0.25) is 9.69 Å². The molecular weight excluding hydrogens is 442 g/mol. The van der Waals surface area contributed by atoms with E-state index in [1.54, 1.807) is 40.9 Å². The Kier molecular flexibility index (Phi) is 5.77. The van der Waals surface area contributed by atoms with Crippen molar-refractivity contribution in [3.8, 4) is 11.8 Å². The van der Waals surface area contributed by atoms with Crippen LogP contribution in [0.2, 0.25) is 0 Å². The van der Waals surface area contributed by atoms with Crippen molar-refractivity contribution in [3.63, 3.8) is 0 Å². The first-order valence-corrected chi connectivity index (χ1v) is 12.1. The number of nitriles is 1. The third-order valence-electron chi connectivity index (χ3n) is 5.53. The van der Waals surface area contributed by atoms with Gasteiger partial charge in [-0.25, -0.2) is 0 Å².